The summed E-state index contributed by atoms with van der Waals surface area (Å²) in [6.07, 6.45) is 13.6. The molecule has 0 fully saturated rings. The molecule has 1 heterocycles. The first-order valence-corrected chi connectivity index (χ1v) is 5.52. The number of allylic oxidation sites excluding steroid dienone is 1. The first kappa shape index (κ1) is 11.0. The van der Waals surface area contributed by atoms with Gasteiger partial charge in [0.15, 0.2) is 0 Å². The van der Waals surface area contributed by atoms with Gasteiger partial charge in [-0.25, -0.2) is 9.13 Å². The van der Waals surface area contributed by atoms with Crippen molar-refractivity contribution in [1.29, 1.82) is 0 Å². The summed E-state index contributed by atoms with van der Waals surface area (Å²) < 4.78 is 4.39. The molecule has 2 heteroatoms. The second-order valence-electron chi connectivity index (χ2n) is 3.70. The topological polar surface area (TPSA) is 8.81 Å². The van der Waals surface area contributed by atoms with Crippen molar-refractivity contribution in [3.63, 3.8) is 0 Å². The smallest absolute Gasteiger partial charge is 0.237 e. The van der Waals surface area contributed by atoms with E-state index in [2.05, 4.69) is 41.4 Å². The van der Waals surface area contributed by atoms with Crippen LogP contribution in [0.1, 0.15) is 32.6 Å². The Kier molecular flexibility index (Phi) is 5.05. The zero-order valence-electron chi connectivity index (χ0n) is 9.15. The molecule has 0 aliphatic heterocycles. The number of hydrogen-bond donors (Lipinski definition) is 0. The molecule has 0 aliphatic carbocycles. The van der Waals surface area contributed by atoms with Crippen LogP contribution in [0, 0.1) is 0 Å². The van der Waals surface area contributed by atoms with Gasteiger partial charge in [-0.1, -0.05) is 32.4 Å². The van der Waals surface area contributed by atoms with E-state index in [9.17, 15) is 0 Å². The lowest BCUT2D eigenvalue weighted by Crippen LogP contribution is -2.30. The molecule has 0 N–H and O–H groups in total. The standard InChI is InChI=1S/C12H21N2/c1-3-5-6-7-9-14-11-10-13(12-14)8-4-2/h4,10-12H,2-3,5-9H2,1H3/q+1. The van der Waals surface area contributed by atoms with E-state index in [1.807, 2.05) is 6.08 Å². The van der Waals surface area contributed by atoms with E-state index in [1.165, 1.54) is 25.7 Å². The van der Waals surface area contributed by atoms with Gasteiger partial charge >= 0.3 is 0 Å². The first-order valence-electron chi connectivity index (χ1n) is 5.52. The predicted molar refractivity (Wildman–Crippen MR) is 59.0 cm³/mol. The maximum absolute atomic E-state index is 3.72. The van der Waals surface area contributed by atoms with Crippen LogP contribution in [0.4, 0.5) is 0 Å². The summed E-state index contributed by atoms with van der Waals surface area (Å²) in [6, 6.07) is 0. The fourth-order valence-corrected chi connectivity index (χ4v) is 1.55. The number of imidazole rings is 1. The molecule has 1 aromatic rings. The molecule has 0 radical (unpaired) electrons. The maximum Gasteiger partial charge on any atom is 0.244 e. The van der Waals surface area contributed by atoms with Gasteiger partial charge in [0.1, 0.15) is 18.9 Å². The highest BCUT2D eigenvalue weighted by molar-refractivity contribution is 4.73. The van der Waals surface area contributed by atoms with E-state index in [-0.39, 0.29) is 0 Å². The summed E-state index contributed by atoms with van der Waals surface area (Å²) in [5.74, 6) is 0. The first-order chi connectivity index (χ1) is 6.86. The fourth-order valence-electron chi connectivity index (χ4n) is 1.55. The normalized spacial score (nSPS) is 10.4. The molecule has 0 amide bonds. The fraction of sp³-hybridized carbons (Fsp3) is 0.583. The minimum Gasteiger partial charge on any atom is -0.237 e. The summed E-state index contributed by atoms with van der Waals surface area (Å²) >= 11 is 0. The molecule has 0 atom stereocenters. The molecule has 0 aliphatic rings. The summed E-state index contributed by atoms with van der Waals surface area (Å²) in [4.78, 5) is 0. The highest BCUT2D eigenvalue weighted by Crippen LogP contribution is 1.98. The van der Waals surface area contributed by atoms with Crippen molar-refractivity contribution >= 4 is 0 Å². The Morgan fingerprint density at radius 3 is 2.93 bits per heavy atom. The summed E-state index contributed by atoms with van der Waals surface area (Å²) in [6.45, 7) is 8.01. The Morgan fingerprint density at radius 1 is 1.36 bits per heavy atom. The summed E-state index contributed by atoms with van der Waals surface area (Å²) in [7, 11) is 0. The van der Waals surface area contributed by atoms with Crippen molar-refractivity contribution in [3.05, 3.63) is 31.4 Å². The molecule has 78 valence electrons. The van der Waals surface area contributed by atoms with Crippen LogP contribution in [0.3, 0.4) is 0 Å². The minimum atomic E-state index is 0.905. The van der Waals surface area contributed by atoms with Crippen molar-refractivity contribution in [2.24, 2.45) is 0 Å². The lowest BCUT2D eigenvalue weighted by molar-refractivity contribution is -0.696. The molecule has 0 unspecified atom stereocenters. The van der Waals surface area contributed by atoms with Gasteiger partial charge in [-0.3, -0.25) is 0 Å². The molecule has 1 rings (SSSR count). The zero-order chi connectivity index (χ0) is 10.2. The largest absolute Gasteiger partial charge is 0.244 e. The number of hydrogen-bond acceptors (Lipinski definition) is 0. The lowest BCUT2D eigenvalue weighted by atomic mass is 10.2. The zero-order valence-corrected chi connectivity index (χ0v) is 9.15. The number of rotatable bonds is 7. The van der Waals surface area contributed by atoms with E-state index in [1.54, 1.807) is 0 Å². The molecule has 0 spiro atoms. The average Bonchev–Trinajstić information content (AvgIpc) is 2.61. The molecule has 0 saturated heterocycles. The van der Waals surface area contributed by atoms with Crippen molar-refractivity contribution in [3.8, 4) is 0 Å². The Hall–Kier alpha value is -1.05. The third-order valence-corrected chi connectivity index (χ3v) is 2.36. The van der Waals surface area contributed by atoms with Crippen LogP contribution in [0.5, 0.6) is 0 Å². The Bertz CT molecular complexity index is 263. The van der Waals surface area contributed by atoms with Crippen molar-refractivity contribution in [2.75, 3.05) is 0 Å². The molecule has 0 aromatic carbocycles. The van der Waals surface area contributed by atoms with E-state index in [0.29, 0.717) is 0 Å². The van der Waals surface area contributed by atoms with Gasteiger partial charge in [-0.05, 0) is 12.8 Å². The van der Waals surface area contributed by atoms with Crippen molar-refractivity contribution < 1.29 is 4.57 Å². The maximum atomic E-state index is 3.72. The van der Waals surface area contributed by atoms with Gasteiger partial charge in [-0.2, -0.15) is 0 Å². The number of aryl methyl sites for hydroxylation is 1. The van der Waals surface area contributed by atoms with Crippen LogP contribution in [-0.4, -0.2) is 4.57 Å². The van der Waals surface area contributed by atoms with Crippen LogP contribution < -0.4 is 4.57 Å². The van der Waals surface area contributed by atoms with E-state index in [0.717, 1.165) is 13.1 Å². The molecular formula is C12H21N2+. The second-order valence-corrected chi connectivity index (χ2v) is 3.70. The highest BCUT2D eigenvalue weighted by Gasteiger charge is 2.00. The average molecular weight is 193 g/mol. The molecule has 1 aromatic heterocycles. The number of aromatic nitrogens is 2. The summed E-state index contributed by atoms with van der Waals surface area (Å²) in [5.41, 5.74) is 0. The minimum absolute atomic E-state index is 0.905. The van der Waals surface area contributed by atoms with E-state index >= 15 is 0 Å². The van der Waals surface area contributed by atoms with Gasteiger partial charge in [0.2, 0.25) is 6.33 Å². The SMILES string of the molecule is C=CCn1cc[n+](CCCCCC)c1. The Morgan fingerprint density at radius 2 is 2.21 bits per heavy atom. The third kappa shape index (κ3) is 3.77. The molecule has 0 bridgehead atoms. The van der Waals surface area contributed by atoms with Gasteiger partial charge in [0.25, 0.3) is 0 Å². The van der Waals surface area contributed by atoms with Crippen molar-refractivity contribution in [2.45, 2.75) is 45.7 Å². The van der Waals surface area contributed by atoms with E-state index in [4.69, 9.17) is 0 Å². The van der Waals surface area contributed by atoms with Crippen LogP contribution in [0.15, 0.2) is 31.4 Å². The molecule has 0 saturated carbocycles. The van der Waals surface area contributed by atoms with Crippen LogP contribution in [0.25, 0.3) is 0 Å². The van der Waals surface area contributed by atoms with E-state index < -0.39 is 0 Å². The third-order valence-electron chi connectivity index (χ3n) is 2.36. The monoisotopic (exact) mass is 193 g/mol. The van der Waals surface area contributed by atoms with Crippen LogP contribution in [-0.2, 0) is 13.1 Å². The Balaban J connectivity index is 2.25. The van der Waals surface area contributed by atoms with Gasteiger partial charge in [0.05, 0.1) is 6.54 Å². The molecular weight excluding hydrogens is 172 g/mol. The van der Waals surface area contributed by atoms with Crippen molar-refractivity contribution in [1.82, 2.24) is 4.57 Å². The molecule has 14 heavy (non-hydrogen) atoms. The molecule has 2 nitrogen and oxygen atoms in total. The van der Waals surface area contributed by atoms with Gasteiger partial charge in [-0.15, -0.1) is 0 Å². The van der Waals surface area contributed by atoms with Gasteiger partial charge < -0.3 is 0 Å². The van der Waals surface area contributed by atoms with Gasteiger partial charge in [0, 0.05) is 0 Å². The predicted octanol–water partition coefficient (Wildman–Crippen LogP) is 2.54. The van der Waals surface area contributed by atoms with Crippen LogP contribution in [0.2, 0.25) is 0 Å². The quantitative estimate of drug-likeness (QED) is 0.357. The van der Waals surface area contributed by atoms with Crippen LogP contribution >= 0.6 is 0 Å². The number of unbranched alkanes of at least 4 members (excludes halogenated alkanes) is 3. The number of nitrogens with zero attached hydrogens (tertiary/aromatic N) is 2. The summed E-state index contributed by atoms with van der Waals surface area (Å²) in [5, 5.41) is 0. The lowest BCUT2D eigenvalue weighted by Gasteiger charge is -1.95. The Labute approximate surface area is 86.9 Å². The highest BCUT2D eigenvalue weighted by atomic mass is 15.1. The second kappa shape index (κ2) is 6.41.